The summed E-state index contributed by atoms with van der Waals surface area (Å²) in [6, 6.07) is 5.08. The van der Waals surface area contributed by atoms with E-state index in [9.17, 15) is 35.9 Å². The summed E-state index contributed by atoms with van der Waals surface area (Å²) in [7, 11) is 2.49. The molecule has 0 unspecified atom stereocenters. The number of nitrogens with zero attached hydrogens (tertiary/aromatic N) is 2. The van der Waals surface area contributed by atoms with Gasteiger partial charge in [0.2, 0.25) is 0 Å². The number of Topliss-reactive ketones (excluding diaryl/α,β-unsaturated/α-hetero) is 2. The van der Waals surface area contributed by atoms with Gasteiger partial charge in [-0.05, 0) is 61.1 Å². The zero-order chi connectivity index (χ0) is 37.2. The van der Waals surface area contributed by atoms with Crippen LogP contribution in [-0.2, 0) is 25.2 Å². The molecule has 3 rings (SSSR count). The summed E-state index contributed by atoms with van der Waals surface area (Å²) in [5, 5.41) is 7.28. The van der Waals surface area contributed by atoms with E-state index in [1.54, 1.807) is 0 Å². The first kappa shape index (κ1) is 40.2. The molecule has 1 heterocycles. The van der Waals surface area contributed by atoms with Crippen molar-refractivity contribution in [3.63, 3.8) is 0 Å². The number of hydrogen-bond donors (Lipinski definition) is 3. The number of hydrogen-bond acceptors (Lipinski definition) is 10. The lowest BCUT2D eigenvalue weighted by atomic mass is 10.0. The van der Waals surface area contributed by atoms with Crippen LogP contribution in [0.4, 0.5) is 26.3 Å². The maximum Gasteiger partial charge on any atom is 0.417 e. The highest BCUT2D eigenvalue weighted by Gasteiger charge is 2.36. The molecule has 5 N–H and O–H groups in total. The Kier molecular flexibility index (Phi) is 14.1. The first-order chi connectivity index (χ1) is 23.4. The zero-order valence-corrected chi connectivity index (χ0v) is 28.7. The van der Waals surface area contributed by atoms with Crippen LogP contribution in [0.1, 0.15) is 68.9 Å². The van der Waals surface area contributed by atoms with Gasteiger partial charge in [0.15, 0.2) is 11.6 Å². The molecule has 0 spiro atoms. The van der Waals surface area contributed by atoms with Crippen LogP contribution < -0.4 is 20.9 Å². The summed E-state index contributed by atoms with van der Waals surface area (Å²) in [5.74, 6) is -0.957. The number of halogens is 6. The molecule has 0 aliphatic carbocycles. The fourth-order valence-corrected chi connectivity index (χ4v) is 6.72. The minimum absolute atomic E-state index is 0.0183. The Hall–Kier alpha value is -4.25. The van der Waals surface area contributed by atoms with Gasteiger partial charge < -0.3 is 20.9 Å². The third-order valence-electron chi connectivity index (χ3n) is 7.06. The Morgan fingerprint density at radius 2 is 1.18 bits per heavy atom. The van der Waals surface area contributed by atoms with E-state index in [1.165, 1.54) is 26.4 Å². The molecule has 1 aromatic heterocycles. The van der Waals surface area contributed by atoms with Crippen molar-refractivity contribution in [3.8, 4) is 11.5 Å². The second-order valence-electron chi connectivity index (χ2n) is 10.9. The van der Waals surface area contributed by atoms with Crippen molar-refractivity contribution >= 4 is 40.9 Å². The van der Waals surface area contributed by atoms with Gasteiger partial charge in [0.1, 0.15) is 29.2 Å². The van der Waals surface area contributed by atoms with Crippen molar-refractivity contribution in [2.24, 2.45) is 11.5 Å². The molecule has 0 saturated heterocycles. The number of allylic oxidation sites excluding steroid dienone is 1. The molecule has 3 aromatic rings. The Morgan fingerprint density at radius 3 is 1.54 bits per heavy atom. The smallest absolute Gasteiger partial charge is 0.417 e. The van der Waals surface area contributed by atoms with Crippen LogP contribution in [0.3, 0.4) is 0 Å². The zero-order valence-electron chi connectivity index (χ0n) is 27.1. The highest BCUT2D eigenvalue weighted by molar-refractivity contribution is 7.99. The number of amidine groups is 1. The Morgan fingerprint density at radius 1 is 0.760 bits per heavy atom. The molecule has 0 saturated carbocycles. The average molecular weight is 744 g/mol. The second kappa shape index (κ2) is 17.6. The topological polar surface area (TPSA) is 154 Å². The number of alkyl halides is 6. The number of nitrogens with one attached hydrogen (secondary N) is 1. The summed E-state index contributed by atoms with van der Waals surface area (Å²) in [5.41, 5.74) is 8.60. The number of carbonyl (C=O) groups is 2. The molecule has 0 aliphatic rings. The van der Waals surface area contributed by atoms with Crippen molar-refractivity contribution in [1.29, 1.82) is 5.41 Å². The van der Waals surface area contributed by atoms with Gasteiger partial charge in [0.25, 0.3) is 0 Å². The minimum Gasteiger partial charge on any atom is -0.496 e. The number of methoxy groups -OCH3 is 2. The van der Waals surface area contributed by atoms with E-state index >= 15 is 0 Å². The summed E-state index contributed by atoms with van der Waals surface area (Å²) in [6.45, 7) is 3.58. The highest BCUT2D eigenvalue weighted by Crippen LogP contribution is 2.42. The van der Waals surface area contributed by atoms with E-state index in [0.29, 0.717) is 30.7 Å². The fraction of sp³-hybridized carbons (Fsp3) is 0.364. The molecular formula is C33H35F6N5O4S2. The third kappa shape index (κ3) is 11.4. The van der Waals surface area contributed by atoms with Crippen LogP contribution in [-0.4, -0.2) is 53.1 Å². The second-order valence-corrected chi connectivity index (χ2v) is 13.2. The van der Waals surface area contributed by atoms with Crippen LogP contribution in [0.15, 0.2) is 58.7 Å². The predicted molar refractivity (Wildman–Crippen MR) is 179 cm³/mol. The summed E-state index contributed by atoms with van der Waals surface area (Å²) >= 11 is 1.87. The van der Waals surface area contributed by atoms with Gasteiger partial charge in [0, 0.05) is 45.9 Å². The highest BCUT2D eigenvalue weighted by atomic mass is 32.2. The first-order valence-corrected chi connectivity index (χ1v) is 16.9. The molecular weight excluding hydrogens is 709 g/mol. The van der Waals surface area contributed by atoms with E-state index in [1.807, 2.05) is 0 Å². The van der Waals surface area contributed by atoms with Crippen LogP contribution in [0.5, 0.6) is 11.5 Å². The van der Waals surface area contributed by atoms with Gasteiger partial charge >= 0.3 is 12.4 Å². The summed E-state index contributed by atoms with van der Waals surface area (Å²) in [4.78, 5) is 34.0. The molecule has 0 bridgehead atoms. The molecule has 0 aliphatic heterocycles. The third-order valence-corrected chi connectivity index (χ3v) is 9.35. The molecule has 2 aromatic carbocycles. The van der Waals surface area contributed by atoms with Gasteiger partial charge in [-0.1, -0.05) is 6.58 Å². The molecule has 0 atom stereocenters. The van der Waals surface area contributed by atoms with E-state index in [2.05, 4.69) is 16.5 Å². The van der Waals surface area contributed by atoms with Crippen molar-refractivity contribution < 1.29 is 45.4 Å². The lowest BCUT2D eigenvalue weighted by Gasteiger charge is -2.17. The predicted octanol–water partition coefficient (Wildman–Crippen LogP) is 7.54. The van der Waals surface area contributed by atoms with E-state index in [4.69, 9.17) is 26.4 Å². The molecule has 50 heavy (non-hydrogen) atoms. The number of aromatic nitrogens is 2. The largest absolute Gasteiger partial charge is 0.496 e. The lowest BCUT2D eigenvalue weighted by molar-refractivity contribution is -0.140. The molecule has 0 radical (unpaired) electrons. The van der Waals surface area contributed by atoms with E-state index < -0.39 is 47.9 Å². The fourth-order valence-electron chi connectivity index (χ4n) is 4.67. The quantitative estimate of drug-likeness (QED) is 0.0297. The van der Waals surface area contributed by atoms with Crippen molar-refractivity contribution in [1.82, 2.24) is 9.97 Å². The SMILES string of the molecule is C=C(N)CCCSc1cc(OC)c(CC(=O)c2cc(C(=O)Cc3cc(C(F)(F)F)c(SCCCC(=N)N)cc3OC)ncn2)cc1C(F)(F)F. The van der Waals surface area contributed by atoms with Gasteiger partial charge in [0.05, 0.1) is 31.2 Å². The molecule has 0 fully saturated rings. The number of ether oxygens (including phenoxy) is 2. The average Bonchev–Trinajstić information content (AvgIpc) is 3.04. The first-order valence-electron chi connectivity index (χ1n) is 14.9. The molecule has 17 heteroatoms. The monoisotopic (exact) mass is 743 g/mol. The summed E-state index contributed by atoms with van der Waals surface area (Å²) in [6.07, 6.45) is -8.19. The molecule has 270 valence electrons. The number of thioether (sulfide) groups is 2. The van der Waals surface area contributed by atoms with Gasteiger partial charge in [-0.3, -0.25) is 15.0 Å². The number of benzene rings is 2. The van der Waals surface area contributed by atoms with Gasteiger partial charge in [-0.25, -0.2) is 9.97 Å². The standard InChI is InChI=1S/C33H35F6N5O4S2/c1-18(40)6-4-8-49-29-15-27(47-2)19(10-21(29)32(34,35)36)12-25(45)23-14-24(44-17-43-23)26(46)13-20-11-22(33(37,38)39)30(16-28(20)48-3)50-9-5-7-31(41)42/h10-11,14-17H,1,4-9,12-13,40H2,2-3H3,(H3,41,42). The van der Waals surface area contributed by atoms with Crippen LogP contribution in [0.25, 0.3) is 0 Å². The van der Waals surface area contributed by atoms with Crippen molar-refractivity contribution in [2.45, 2.75) is 60.7 Å². The normalized spacial score (nSPS) is 11.7. The number of nitrogens with two attached hydrogens (primary N) is 2. The van der Waals surface area contributed by atoms with Crippen LogP contribution in [0.2, 0.25) is 0 Å². The van der Waals surface area contributed by atoms with Crippen LogP contribution >= 0.6 is 23.5 Å². The number of carbonyl (C=O) groups excluding carboxylic acids is 2. The van der Waals surface area contributed by atoms with Crippen molar-refractivity contribution in [2.75, 3.05) is 25.7 Å². The molecule has 0 amide bonds. The van der Waals surface area contributed by atoms with Crippen molar-refractivity contribution in [3.05, 3.63) is 82.6 Å². The Balaban J connectivity index is 1.86. The Bertz CT molecular complexity index is 1610. The Labute approximate surface area is 293 Å². The number of ketones is 2. The maximum atomic E-state index is 14.0. The van der Waals surface area contributed by atoms with E-state index in [-0.39, 0.29) is 61.8 Å². The van der Waals surface area contributed by atoms with Crippen LogP contribution in [0, 0.1) is 5.41 Å². The lowest BCUT2D eigenvalue weighted by Crippen LogP contribution is -2.14. The molecule has 9 nitrogen and oxygen atoms in total. The van der Waals surface area contributed by atoms with Gasteiger partial charge in [-0.15, -0.1) is 23.5 Å². The summed E-state index contributed by atoms with van der Waals surface area (Å²) < 4.78 is 94.7. The van der Waals surface area contributed by atoms with Gasteiger partial charge in [-0.2, -0.15) is 26.3 Å². The minimum atomic E-state index is -4.76. The maximum absolute atomic E-state index is 14.0. The number of rotatable bonds is 18. The van der Waals surface area contributed by atoms with E-state index in [0.717, 1.165) is 48.1 Å².